The Morgan fingerprint density at radius 3 is 2.55 bits per heavy atom. The minimum absolute atomic E-state index is 0.229. The summed E-state index contributed by atoms with van der Waals surface area (Å²) in [6, 6.07) is 4.65. The second-order valence-corrected chi connectivity index (χ2v) is 4.35. The fourth-order valence-electron chi connectivity index (χ4n) is 1.69. The average Bonchev–Trinajstić information content (AvgIpc) is 2.91. The van der Waals surface area contributed by atoms with E-state index in [-0.39, 0.29) is 5.69 Å². The summed E-state index contributed by atoms with van der Waals surface area (Å²) in [5.74, 6) is -6.22. The van der Waals surface area contributed by atoms with Crippen LogP contribution in [-0.2, 0) is 16.6 Å². The standard InChI is InChI=1S/C14H11F3N2O3/c1-19-6-2-3-10(19)14(21)22-7-11(20)18-9-5-4-8(15)12(16)13(9)17/h2-6H,7H2,1H3,(H,18,20). The summed E-state index contributed by atoms with van der Waals surface area (Å²) in [6.07, 6.45) is 1.62. The number of ether oxygens (including phenoxy) is 1. The zero-order chi connectivity index (χ0) is 16.3. The van der Waals surface area contributed by atoms with Crippen LogP contribution in [0, 0.1) is 17.5 Å². The summed E-state index contributed by atoms with van der Waals surface area (Å²) in [5, 5.41) is 1.99. The molecule has 8 heteroatoms. The molecule has 0 radical (unpaired) electrons. The highest BCUT2D eigenvalue weighted by molar-refractivity contribution is 5.95. The van der Waals surface area contributed by atoms with Gasteiger partial charge in [-0.2, -0.15) is 0 Å². The van der Waals surface area contributed by atoms with Gasteiger partial charge in [0.15, 0.2) is 24.1 Å². The van der Waals surface area contributed by atoms with Crippen molar-refractivity contribution in [1.82, 2.24) is 4.57 Å². The number of hydrogen-bond acceptors (Lipinski definition) is 3. The second kappa shape index (κ2) is 6.33. The van der Waals surface area contributed by atoms with Crippen LogP contribution in [0.1, 0.15) is 10.5 Å². The summed E-state index contributed by atoms with van der Waals surface area (Å²) in [6.45, 7) is -0.692. The van der Waals surface area contributed by atoms with Crippen LogP contribution in [-0.4, -0.2) is 23.1 Å². The maximum absolute atomic E-state index is 13.4. The summed E-state index contributed by atoms with van der Waals surface area (Å²) in [5.41, 5.74) is -0.314. The first kappa shape index (κ1) is 15.6. The molecular weight excluding hydrogens is 301 g/mol. The number of rotatable bonds is 4. The zero-order valence-corrected chi connectivity index (χ0v) is 11.4. The van der Waals surface area contributed by atoms with Gasteiger partial charge >= 0.3 is 5.97 Å². The predicted molar refractivity (Wildman–Crippen MR) is 70.6 cm³/mol. The van der Waals surface area contributed by atoms with Crippen molar-refractivity contribution in [2.75, 3.05) is 11.9 Å². The van der Waals surface area contributed by atoms with Gasteiger partial charge in [-0.1, -0.05) is 0 Å². The lowest BCUT2D eigenvalue weighted by molar-refractivity contribution is -0.119. The Balaban J connectivity index is 1.95. The monoisotopic (exact) mass is 312 g/mol. The number of hydrogen-bond donors (Lipinski definition) is 1. The number of benzene rings is 1. The molecule has 1 aromatic heterocycles. The molecule has 116 valence electrons. The quantitative estimate of drug-likeness (QED) is 0.696. The van der Waals surface area contributed by atoms with E-state index in [2.05, 4.69) is 0 Å². The number of anilines is 1. The van der Waals surface area contributed by atoms with Gasteiger partial charge in [0.25, 0.3) is 5.91 Å². The van der Waals surface area contributed by atoms with Crippen LogP contribution in [0.5, 0.6) is 0 Å². The lowest BCUT2D eigenvalue weighted by Gasteiger charge is -2.08. The minimum Gasteiger partial charge on any atom is -0.451 e. The number of aromatic nitrogens is 1. The molecule has 0 saturated heterocycles. The molecule has 0 bridgehead atoms. The first-order chi connectivity index (χ1) is 10.4. The normalized spacial score (nSPS) is 10.4. The third-order valence-corrected chi connectivity index (χ3v) is 2.80. The van der Waals surface area contributed by atoms with E-state index in [1.165, 1.54) is 10.6 Å². The first-order valence-corrected chi connectivity index (χ1v) is 6.12. The minimum atomic E-state index is -1.70. The van der Waals surface area contributed by atoms with Gasteiger partial charge in [-0.05, 0) is 24.3 Å². The number of halogens is 3. The lowest BCUT2D eigenvalue weighted by atomic mass is 10.3. The van der Waals surface area contributed by atoms with Crippen molar-refractivity contribution in [2.45, 2.75) is 0 Å². The van der Waals surface area contributed by atoms with Crippen LogP contribution >= 0.6 is 0 Å². The molecule has 1 amide bonds. The molecule has 0 aliphatic rings. The highest BCUT2D eigenvalue weighted by atomic mass is 19.2. The number of nitrogens with one attached hydrogen (secondary N) is 1. The largest absolute Gasteiger partial charge is 0.451 e. The van der Waals surface area contributed by atoms with Crippen molar-refractivity contribution in [3.8, 4) is 0 Å². The van der Waals surface area contributed by atoms with Crippen LogP contribution < -0.4 is 5.32 Å². The summed E-state index contributed by atoms with van der Waals surface area (Å²) >= 11 is 0. The van der Waals surface area contributed by atoms with Gasteiger partial charge in [0.2, 0.25) is 0 Å². The Kier molecular flexibility index (Phi) is 4.50. The predicted octanol–water partition coefficient (Wildman–Crippen LogP) is 2.24. The first-order valence-electron chi connectivity index (χ1n) is 6.12. The van der Waals surface area contributed by atoms with E-state index < -0.39 is 41.6 Å². The molecule has 2 aromatic rings. The number of nitrogens with zero attached hydrogens (tertiary/aromatic N) is 1. The van der Waals surface area contributed by atoms with Gasteiger partial charge in [-0.3, -0.25) is 4.79 Å². The molecule has 0 unspecified atom stereocenters. The van der Waals surface area contributed by atoms with Crippen LogP contribution in [0.2, 0.25) is 0 Å². The second-order valence-electron chi connectivity index (χ2n) is 4.35. The Morgan fingerprint density at radius 1 is 1.18 bits per heavy atom. The number of esters is 1. The van der Waals surface area contributed by atoms with Gasteiger partial charge in [0.1, 0.15) is 5.69 Å². The van der Waals surface area contributed by atoms with Crippen molar-refractivity contribution in [3.05, 3.63) is 53.6 Å². The molecule has 0 aliphatic carbocycles. The molecule has 0 atom stereocenters. The molecule has 0 aliphatic heterocycles. The van der Waals surface area contributed by atoms with Gasteiger partial charge in [0, 0.05) is 13.2 Å². The third kappa shape index (κ3) is 3.27. The molecule has 0 spiro atoms. The summed E-state index contributed by atoms with van der Waals surface area (Å²) < 4.78 is 45.3. The van der Waals surface area contributed by atoms with Crippen LogP contribution in [0.15, 0.2) is 30.5 Å². The molecule has 22 heavy (non-hydrogen) atoms. The van der Waals surface area contributed by atoms with Crippen LogP contribution in [0.25, 0.3) is 0 Å². The SMILES string of the molecule is Cn1cccc1C(=O)OCC(=O)Nc1ccc(F)c(F)c1F. The number of amides is 1. The van der Waals surface area contributed by atoms with Gasteiger partial charge in [-0.15, -0.1) is 0 Å². The Labute approximate surface area is 123 Å². The number of aryl methyl sites for hydroxylation is 1. The van der Waals surface area contributed by atoms with Crippen molar-refractivity contribution >= 4 is 17.6 Å². The zero-order valence-electron chi connectivity index (χ0n) is 11.4. The average molecular weight is 312 g/mol. The Morgan fingerprint density at radius 2 is 1.91 bits per heavy atom. The van der Waals surface area contributed by atoms with Gasteiger partial charge < -0.3 is 14.6 Å². The molecule has 1 aromatic carbocycles. The third-order valence-electron chi connectivity index (χ3n) is 2.80. The summed E-state index contributed by atoms with van der Waals surface area (Å²) in [7, 11) is 1.62. The maximum atomic E-state index is 13.4. The van der Waals surface area contributed by atoms with Gasteiger partial charge in [-0.25, -0.2) is 18.0 Å². The van der Waals surface area contributed by atoms with Crippen molar-refractivity contribution in [2.24, 2.45) is 7.05 Å². The maximum Gasteiger partial charge on any atom is 0.355 e. The fourth-order valence-corrected chi connectivity index (χ4v) is 1.69. The van der Waals surface area contributed by atoms with Crippen molar-refractivity contribution < 1.29 is 27.5 Å². The lowest BCUT2D eigenvalue weighted by Crippen LogP contribution is -2.22. The Hall–Kier alpha value is -2.77. The smallest absolute Gasteiger partial charge is 0.355 e. The number of carbonyl (C=O) groups excluding carboxylic acids is 2. The molecule has 1 heterocycles. The van der Waals surface area contributed by atoms with Crippen molar-refractivity contribution in [1.29, 1.82) is 0 Å². The molecule has 1 N–H and O–H groups in total. The van der Waals surface area contributed by atoms with E-state index in [1.807, 2.05) is 5.32 Å². The molecule has 0 saturated carbocycles. The Bertz CT molecular complexity index is 728. The van der Waals surface area contributed by atoms with Crippen molar-refractivity contribution in [3.63, 3.8) is 0 Å². The van der Waals surface area contributed by atoms with E-state index >= 15 is 0 Å². The molecule has 0 fully saturated rings. The molecule has 5 nitrogen and oxygen atoms in total. The molecule has 2 rings (SSSR count). The van der Waals surface area contributed by atoms with Gasteiger partial charge in [0.05, 0.1) is 5.69 Å². The van der Waals surface area contributed by atoms with E-state index in [0.717, 1.165) is 6.07 Å². The van der Waals surface area contributed by atoms with Crippen LogP contribution in [0.3, 0.4) is 0 Å². The molecular formula is C14H11F3N2O3. The summed E-state index contributed by atoms with van der Waals surface area (Å²) in [4.78, 5) is 23.2. The highest BCUT2D eigenvalue weighted by Crippen LogP contribution is 2.19. The fraction of sp³-hybridized carbons (Fsp3) is 0.143. The topological polar surface area (TPSA) is 60.3 Å². The van der Waals surface area contributed by atoms with Crippen LogP contribution in [0.4, 0.5) is 18.9 Å². The van der Waals surface area contributed by atoms with E-state index in [4.69, 9.17) is 4.74 Å². The van der Waals surface area contributed by atoms with E-state index in [9.17, 15) is 22.8 Å². The van der Waals surface area contributed by atoms with E-state index in [1.54, 1.807) is 19.3 Å². The number of carbonyl (C=O) groups is 2. The highest BCUT2D eigenvalue weighted by Gasteiger charge is 2.17. The van der Waals surface area contributed by atoms with E-state index in [0.29, 0.717) is 6.07 Å².